The van der Waals surface area contributed by atoms with E-state index in [-0.39, 0.29) is 5.56 Å². The van der Waals surface area contributed by atoms with Gasteiger partial charge < -0.3 is 9.72 Å². The first-order chi connectivity index (χ1) is 8.38. The number of ether oxygens (including phenoxy) is 1. The Hall–Kier alpha value is -2.31. The molecule has 94 valence electrons. The van der Waals surface area contributed by atoms with Gasteiger partial charge in [-0.25, -0.2) is 9.59 Å². The number of hydrogen-bond donors (Lipinski definition) is 1. The molecule has 0 amide bonds. The summed E-state index contributed by atoms with van der Waals surface area (Å²) in [5, 5.41) is 0.629. The molecule has 0 bridgehead atoms. The van der Waals surface area contributed by atoms with E-state index < -0.39 is 18.1 Å². The standard InChI is InChI=1S/C11H6F3NO3/c12-11(13,14)10(17)18-9(16)7-1-2-8-6(5-7)3-4-15-8/h1-5,15H. The Morgan fingerprint density at radius 3 is 2.56 bits per heavy atom. The molecule has 0 fully saturated rings. The number of H-pyrrole nitrogens is 1. The monoisotopic (exact) mass is 257 g/mol. The first-order valence-electron chi connectivity index (χ1n) is 4.78. The van der Waals surface area contributed by atoms with Crippen molar-refractivity contribution < 1.29 is 27.5 Å². The van der Waals surface area contributed by atoms with Gasteiger partial charge in [-0.15, -0.1) is 0 Å². The molecule has 0 spiro atoms. The van der Waals surface area contributed by atoms with E-state index >= 15 is 0 Å². The number of alkyl halides is 3. The van der Waals surface area contributed by atoms with Gasteiger partial charge >= 0.3 is 18.1 Å². The van der Waals surface area contributed by atoms with Crippen LogP contribution in [0.25, 0.3) is 10.9 Å². The molecule has 1 heterocycles. The van der Waals surface area contributed by atoms with Crippen molar-refractivity contribution in [2.24, 2.45) is 0 Å². The van der Waals surface area contributed by atoms with E-state index in [1.165, 1.54) is 18.2 Å². The van der Waals surface area contributed by atoms with Crippen LogP contribution in [0.15, 0.2) is 30.5 Å². The van der Waals surface area contributed by atoms with Crippen molar-refractivity contribution in [1.82, 2.24) is 4.98 Å². The summed E-state index contributed by atoms with van der Waals surface area (Å²) >= 11 is 0. The average molecular weight is 257 g/mol. The van der Waals surface area contributed by atoms with Crippen LogP contribution in [0.5, 0.6) is 0 Å². The lowest BCUT2D eigenvalue weighted by molar-refractivity contribution is -0.193. The number of carbonyl (C=O) groups is 2. The molecule has 0 unspecified atom stereocenters. The molecule has 2 rings (SSSR count). The highest BCUT2D eigenvalue weighted by molar-refractivity contribution is 6.00. The van der Waals surface area contributed by atoms with Crippen molar-refractivity contribution >= 4 is 22.8 Å². The van der Waals surface area contributed by atoms with Crippen molar-refractivity contribution in [2.75, 3.05) is 0 Å². The van der Waals surface area contributed by atoms with Crippen LogP contribution in [0, 0.1) is 0 Å². The minimum absolute atomic E-state index is 0.125. The third kappa shape index (κ3) is 2.34. The largest absolute Gasteiger partial charge is 0.491 e. The molecule has 0 radical (unpaired) electrons. The molecule has 7 heteroatoms. The van der Waals surface area contributed by atoms with Crippen LogP contribution in [0.1, 0.15) is 10.4 Å². The lowest BCUT2D eigenvalue weighted by atomic mass is 10.1. The van der Waals surface area contributed by atoms with E-state index in [1.807, 2.05) is 0 Å². The molecule has 1 aromatic heterocycles. The van der Waals surface area contributed by atoms with Crippen LogP contribution in [-0.2, 0) is 9.53 Å². The summed E-state index contributed by atoms with van der Waals surface area (Å²) in [6, 6.07) is 5.74. The molecular formula is C11H6F3NO3. The zero-order valence-corrected chi connectivity index (χ0v) is 8.75. The maximum atomic E-state index is 11.9. The molecule has 0 aliphatic heterocycles. The predicted octanol–water partition coefficient (Wildman–Crippen LogP) is 2.41. The van der Waals surface area contributed by atoms with Crippen molar-refractivity contribution in [2.45, 2.75) is 6.18 Å². The van der Waals surface area contributed by atoms with Gasteiger partial charge in [-0.1, -0.05) is 0 Å². The van der Waals surface area contributed by atoms with Gasteiger partial charge in [-0.2, -0.15) is 13.2 Å². The minimum atomic E-state index is -5.19. The number of halogens is 3. The molecule has 0 atom stereocenters. The average Bonchev–Trinajstić information content (AvgIpc) is 2.74. The summed E-state index contributed by atoms with van der Waals surface area (Å²) in [6.07, 6.45) is -3.57. The second-order valence-electron chi connectivity index (χ2n) is 3.45. The van der Waals surface area contributed by atoms with Crippen molar-refractivity contribution in [3.63, 3.8) is 0 Å². The molecular weight excluding hydrogens is 251 g/mol. The summed E-state index contributed by atoms with van der Waals surface area (Å²) in [5.41, 5.74) is 0.591. The summed E-state index contributed by atoms with van der Waals surface area (Å²) in [4.78, 5) is 24.7. The van der Waals surface area contributed by atoms with Gasteiger partial charge in [0.1, 0.15) is 0 Å². The Labute approximate surface area is 98.4 Å². The fraction of sp³-hybridized carbons (Fsp3) is 0.0909. The Balaban J connectivity index is 2.21. The number of hydrogen-bond acceptors (Lipinski definition) is 3. The van der Waals surface area contributed by atoms with Gasteiger partial charge in [-0.3, -0.25) is 0 Å². The zero-order chi connectivity index (χ0) is 13.3. The van der Waals surface area contributed by atoms with Crippen molar-refractivity contribution in [1.29, 1.82) is 0 Å². The minimum Gasteiger partial charge on any atom is -0.383 e. The van der Waals surface area contributed by atoms with E-state index in [9.17, 15) is 22.8 Å². The molecule has 1 N–H and O–H groups in total. The van der Waals surface area contributed by atoms with Crippen LogP contribution in [0.4, 0.5) is 13.2 Å². The Morgan fingerprint density at radius 1 is 1.17 bits per heavy atom. The highest BCUT2D eigenvalue weighted by atomic mass is 19.4. The third-order valence-electron chi connectivity index (χ3n) is 2.21. The summed E-state index contributed by atoms with van der Waals surface area (Å²) in [5.74, 6) is -3.86. The van der Waals surface area contributed by atoms with Crippen LogP contribution < -0.4 is 0 Å². The Kier molecular flexibility index (Phi) is 2.82. The normalized spacial score (nSPS) is 11.5. The molecule has 4 nitrogen and oxygen atoms in total. The summed E-state index contributed by atoms with van der Waals surface area (Å²) < 4.78 is 39.4. The van der Waals surface area contributed by atoms with Crippen molar-refractivity contribution in [3.05, 3.63) is 36.0 Å². The highest BCUT2D eigenvalue weighted by Gasteiger charge is 2.42. The molecule has 1 aromatic carbocycles. The number of aromatic nitrogens is 1. The lowest BCUT2D eigenvalue weighted by Crippen LogP contribution is -2.28. The second-order valence-corrected chi connectivity index (χ2v) is 3.45. The van der Waals surface area contributed by atoms with Crippen LogP contribution in [0.3, 0.4) is 0 Å². The summed E-state index contributed by atoms with van der Waals surface area (Å²) in [7, 11) is 0. The van der Waals surface area contributed by atoms with E-state index in [0.29, 0.717) is 10.9 Å². The van der Waals surface area contributed by atoms with Gasteiger partial charge in [0, 0.05) is 17.1 Å². The lowest BCUT2D eigenvalue weighted by Gasteiger charge is -2.05. The molecule has 0 aliphatic carbocycles. The maximum absolute atomic E-state index is 11.9. The van der Waals surface area contributed by atoms with Gasteiger partial charge in [0.05, 0.1) is 5.56 Å². The number of carbonyl (C=O) groups excluding carboxylic acids is 2. The third-order valence-corrected chi connectivity index (χ3v) is 2.21. The van der Waals surface area contributed by atoms with E-state index in [2.05, 4.69) is 9.72 Å². The number of nitrogens with one attached hydrogen (secondary N) is 1. The topological polar surface area (TPSA) is 59.2 Å². The van der Waals surface area contributed by atoms with Gasteiger partial charge in [0.2, 0.25) is 0 Å². The number of rotatable bonds is 1. The van der Waals surface area contributed by atoms with Crippen LogP contribution in [0.2, 0.25) is 0 Å². The van der Waals surface area contributed by atoms with Crippen molar-refractivity contribution in [3.8, 4) is 0 Å². The fourth-order valence-electron chi connectivity index (χ4n) is 1.38. The SMILES string of the molecule is O=C(OC(=O)C(F)(F)F)c1ccc2[nH]ccc2c1. The molecule has 0 saturated heterocycles. The van der Waals surface area contributed by atoms with Gasteiger partial charge in [0.25, 0.3) is 0 Å². The maximum Gasteiger partial charge on any atom is 0.491 e. The number of fused-ring (bicyclic) bond motifs is 1. The summed E-state index contributed by atoms with van der Waals surface area (Å²) in [6.45, 7) is 0. The number of aromatic amines is 1. The second kappa shape index (κ2) is 4.17. The molecule has 0 saturated carbocycles. The van der Waals surface area contributed by atoms with E-state index in [0.717, 1.165) is 0 Å². The highest BCUT2D eigenvalue weighted by Crippen LogP contribution is 2.19. The zero-order valence-electron chi connectivity index (χ0n) is 8.75. The number of esters is 2. The number of benzene rings is 1. The smallest absolute Gasteiger partial charge is 0.383 e. The quantitative estimate of drug-likeness (QED) is 0.630. The first-order valence-corrected chi connectivity index (χ1v) is 4.78. The predicted molar refractivity (Wildman–Crippen MR) is 54.8 cm³/mol. The Bertz CT molecular complexity index is 615. The van der Waals surface area contributed by atoms with Crippen LogP contribution in [-0.4, -0.2) is 23.1 Å². The van der Waals surface area contributed by atoms with E-state index in [4.69, 9.17) is 0 Å². The fourth-order valence-corrected chi connectivity index (χ4v) is 1.38. The van der Waals surface area contributed by atoms with E-state index in [1.54, 1.807) is 12.3 Å². The molecule has 18 heavy (non-hydrogen) atoms. The van der Waals surface area contributed by atoms with Gasteiger partial charge in [0.15, 0.2) is 0 Å². The molecule has 0 aliphatic rings. The first kappa shape index (κ1) is 12.2. The molecule has 2 aromatic rings. The Morgan fingerprint density at radius 2 is 1.89 bits per heavy atom. The van der Waals surface area contributed by atoms with Gasteiger partial charge in [-0.05, 0) is 24.3 Å². The van der Waals surface area contributed by atoms with Crippen LogP contribution >= 0.6 is 0 Å².